The second kappa shape index (κ2) is 6.38. The van der Waals surface area contributed by atoms with Crippen molar-refractivity contribution in [2.24, 2.45) is 12.0 Å². The number of carbonyl (C=O) groups excluding carboxylic acids is 1. The molecule has 0 saturated carbocycles. The Balaban J connectivity index is 1.62. The maximum atomic E-state index is 12.4. The van der Waals surface area contributed by atoms with Gasteiger partial charge in [-0.15, -0.1) is 0 Å². The average Bonchev–Trinajstić information content (AvgIpc) is 3.22. The number of benzene rings is 1. The van der Waals surface area contributed by atoms with E-state index >= 15 is 0 Å². The Morgan fingerprint density at radius 2 is 2.12 bits per heavy atom. The third kappa shape index (κ3) is 2.99. The molecule has 0 fully saturated rings. The number of aryl methyl sites for hydroxylation is 2. The molecule has 0 atom stereocenters. The third-order valence-corrected chi connectivity index (χ3v) is 4.60. The first-order valence-electron chi connectivity index (χ1n) is 8.13. The number of nitrogens with zero attached hydrogens (tertiary/aromatic N) is 4. The van der Waals surface area contributed by atoms with Crippen molar-refractivity contribution in [1.29, 1.82) is 0 Å². The molecule has 2 aromatic heterocycles. The van der Waals surface area contributed by atoms with E-state index in [0.29, 0.717) is 22.8 Å². The number of hydrogen-bond donors (Lipinski definition) is 1. The summed E-state index contributed by atoms with van der Waals surface area (Å²) < 4.78 is 1.53. The minimum Gasteiger partial charge on any atom is -0.321 e. The van der Waals surface area contributed by atoms with Crippen LogP contribution in [0.4, 0.5) is 11.5 Å². The van der Waals surface area contributed by atoms with E-state index in [1.165, 1.54) is 4.68 Å². The number of amides is 1. The summed E-state index contributed by atoms with van der Waals surface area (Å²) in [6.07, 6.45) is 4.06. The summed E-state index contributed by atoms with van der Waals surface area (Å²) in [6.45, 7) is 2.01. The van der Waals surface area contributed by atoms with Gasteiger partial charge in [-0.05, 0) is 36.8 Å². The predicted octanol–water partition coefficient (Wildman–Crippen LogP) is 3.71. The van der Waals surface area contributed by atoms with Gasteiger partial charge < -0.3 is 5.32 Å². The molecule has 6 nitrogen and oxygen atoms in total. The molecule has 3 aromatic rings. The lowest BCUT2D eigenvalue weighted by atomic mass is 10.0. The first-order valence-corrected chi connectivity index (χ1v) is 8.51. The molecule has 1 N–H and O–H groups in total. The van der Waals surface area contributed by atoms with Gasteiger partial charge in [-0.3, -0.25) is 9.48 Å². The van der Waals surface area contributed by atoms with Crippen molar-refractivity contribution < 1.29 is 4.79 Å². The molecule has 1 aliphatic rings. The number of pyridine rings is 1. The fraction of sp³-hybridized carbons (Fsp3) is 0.158. The zero-order valence-corrected chi connectivity index (χ0v) is 15.1. The number of anilines is 1. The zero-order chi connectivity index (χ0) is 18.3. The molecule has 1 aromatic carbocycles. The molecular formula is C19H16ClN5O. The van der Waals surface area contributed by atoms with Gasteiger partial charge in [0.1, 0.15) is 5.69 Å². The molecule has 26 heavy (non-hydrogen) atoms. The average molecular weight is 366 g/mol. The molecule has 1 aliphatic heterocycles. The quantitative estimate of drug-likeness (QED) is 0.769. The molecule has 130 valence electrons. The van der Waals surface area contributed by atoms with Gasteiger partial charge in [0.15, 0.2) is 5.82 Å². The molecule has 4 rings (SSSR count). The van der Waals surface area contributed by atoms with Crippen molar-refractivity contribution in [2.45, 2.75) is 13.3 Å². The Hall–Kier alpha value is -2.99. The van der Waals surface area contributed by atoms with Crippen LogP contribution < -0.4 is 5.32 Å². The highest BCUT2D eigenvalue weighted by Gasteiger charge is 2.20. The van der Waals surface area contributed by atoms with Crippen LogP contribution in [0.1, 0.15) is 27.2 Å². The predicted molar refractivity (Wildman–Crippen MR) is 101 cm³/mol. The maximum absolute atomic E-state index is 12.4. The molecule has 0 aliphatic carbocycles. The smallest absolute Gasteiger partial charge is 0.273 e. The van der Waals surface area contributed by atoms with Crippen LogP contribution in [-0.4, -0.2) is 26.4 Å². The van der Waals surface area contributed by atoms with Crippen LogP contribution in [0, 0.1) is 6.92 Å². The molecule has 7 heteroatoms. The minimum absolute atomic E-state index is 0.229. The largest absolute Gasteiger partial charge is 0.321 e. The number of nitrogens with one attached hydrogen (secondary N) is 1. The number of fused-ring (bicyclic) bond motifs is 1. The molecule has 3 heterocycles. The van der Waals surface area contributed by atoms with Crippen LogP contribution in [0.5, 0.6) is 0 Å². The summed E-state index contributed by atoms with van der Waals surface area (Å²) in [6, 6.07) is 9.12. The number of halogens is 1. The van der Waals surface area contributed by atoms with Crippen LogP contribution in [0.2, 0.25) is 5.02 Å². The topological polar surface area (TPSA) is 72.2 Å². The normalized spacial score (nSPS) is 12.7. The van der Waals surface area contributed by atoms with Crippen molar-refractivity contribution in [3.63, 3.8) is 0 Å². The third-order valence-electron chi connectivity index (χ3n) is 4.27. The zero-order valence-electron chi connectivity index (χ0n) is 14.3. The highest BCUT2D eigenvalue weighted by Crippen LogP contribution is 2.31. The van der Waals surface area contributed by atoms with Gasteiger partial charge in [-0.2, -0.15) is 5.10 Å². The van der Waals surface area contributed by atoms with Crippen LogP contribution >= 0.6 is 11.6 Å². The maximum Gasteiger partial charge on any atom is 0.273 e. The van der Waals surface area contributed by atoms with Gasteiger partial charge >= 0.3 is 0 Å². The molecule has 0 radical (unpaired) electrons. The van der Waals surface area contributed by atoms with E-state index in [2.05, 4.69) is 26.5 Å². The van der Waals surface area contributed by atoms with Gasteiger partial charge in [-0.25, -0.2) is 9.98 Å². The molecular weight excluding hydrogens is 350 g/mol. The Morgan fingerprint density at radius 1 is 1.27 bits per heavy atom. The van der Waals surface area contributed by atoms with Gasteiger partial charge in [0.2, 0.25) is 0 Å². The van der Waals surface area contributed by atoms with E-state index in [9.17, 15) is 4.79 Å². The Labute approximate surface area is 155 Å². The fourth-order valence-corrected chi connectivity index (χ4v) is 3.20. The highest BCUT2D eigenvalue weighted by atomic mass is 35.5. The van der Waals surface area contributed by atoms with E-state index in [1.54, 1.807) is 37.6 Å². The monoisotopic (exact) mass is 365 g/mol. The molecule has 1 amide bonds. The summed E-state index contributed by atoms with van der Waals surface area (Å²) in [7, 11) is 1.72. The van der Waals surface area contributed by atoms with Crippen molar-refractivity contribution in [1.82, 2.24) is 14.8 Å². The van der Waals surface area contributed by atoms with Crippen LogP contribution in [0.15, 0.2) is 47.7 Å². The lowest BCUT2D eigenvalue weighted by molar-refractivity contribution is 0.101. The van der Waals surface area contributed by atoms with Crippen molar-refractivity contribution in [2.75, 3.05) is 5.32 Å². The SMILES string of the molecule is Cc1cnc2c(c1)CC(c1cc(NC(=O)c3ccnn3C)ccc1Cl)=N2. The van der Waals surface area contributed by atoms with Gasteiger partial charge in [0, 0.05) is 47.7 Å². The highest BCUT2D eigenvalue weighted by molar-refractivity contribution is 6.34. The molecule has 0 bridgehead atoms. The lowest BCUT2D eigenvalue weighted by Gasteiger charge is -2.09. The second-order valence-electron chi connectivity index (χ2n) is 6.22. The van der Waals surface area contributed by atoms with Crippen LogP contribution in [0.3, 0.4) is 0 Å². The van der Waals surface area contributed by atoms with E-state index < -0.39 is 0 Å². The first-order chi connectivity index (χ1) is 12.5. The summed E-state index contributed by atoms with van der Waals surface area (Å²) in [5, 5.41) is 7.48. The van der Waals surface area contributed by atoms with E-state index in [1.807, 2.05) is 13.0 Å². The lowest BCUT2D eigenvalue weighted by Crippen LogP contribution is -2.16. The Bertz CT molecular complexity index is 1050. The van der Waals surface area contributed by atoms with Crippen LogP contribution in [-0.2, 0) is 13.5 Å². The number of aromatic nitrogens is 3. The second-order valence-corrected chi connectivity index (χ2v) is 6.63. The van der Waals surface area contributed by atoms with Crippen molar-refractivity contribution >= 4 is 34.7 Å². The Morgan fingerprint density at radius 3 is 2.88 bits per heavy atom. The standard InChI is InChI=1S/C19H16ClN5O/c1-11-7-12-8-16(24-18(12)21-10-11)14-9-13(3-4-15(14)20)23-19(26)17-5-6-22-25(17)2/h3-7,9-10H,8H2,1-2H3,(H,23,26). The Kier molecular flexibility index (Phi) is 4.05. The fourth-order valence-electron chi connectivity index (χ4n) is 2.97. The summed E-state index contributed by atoms with van der Waals surface area (Å²) in [5.74, 6) is 0.498. The molecule has 0 saturated heterocycles. The first kappa shape index (κ1) is 16.5. The minimum atomic E-state index is -0.229. The van der Waals surface area contributed by atoms with E-state index in [0.717, 1.165) is 28.2 Å². The number of hydrogen-bond acceptors (Lipinski definition) is 4. The number of rotatable bonds is 3. The summed E-state index contributed by atoms with van der Waals surface area (Å²) >= 11 is 6.38. The van der Waals surface area contributed by atoms with Gasteiger partial charge in [-0.1, -0.05) is 17.7 Å². The van der Waals surface area contributed by atoms with Crippen LogP contribution in [0.25, 0.3) is 0 Å². The van der Waals surface area contributed by atoms with Gasteiger partial charge in [0.05, 0.1) is 5.71 Å². The van der Waals surface area contributed by atoms with E-state index in [4.69, 9.17) is 11.6 Å². The summed E-state index contributed by atoms with van der Waals surface area (Å²) in [4.78, 5) is 21.4. The summed E-state index contributed by atoms with van der Waals surface area (Å²) in [5.41, 5.74) is 4.96. The number of aliphatic imine (C=N–C) groups is 1. The molecule has 0 spiro atoms. The van der Waals surface area contributed by atoms with Crippen molar-refractivity contribution in [3.05, 3.63) is 70.1 Å². The van der Waals surface area contributed by atoms with Gasteiger partial charge in [0.25, 0.3) is 5.91 Å². The van der Waals surface area contributed by atoms with Crippen molar-refractivity contribution in [3.8, 4) is 0 Å². The molecule has 0 unspecified atom stereocenters. The van der Waals surface area contributed by atoms with E-state index in [-0.39, 0.29) is 5.91 Å². The number of carbonyl (C=O) groups is 1.